The van der Waals surface area contributed by atoms with Crippen molar-refractivity contribution >= 4 is 13.9 Å². The number of ether oxygens (including phenoxy) is 2. The van der Waals surface area contributed by atoms with Gasteiger partial charge in [-0.1, -0.05) is 26.6 Å². The van der Waals surface area contributed by atoms with Crippen LogP contribution in [0.5, 0.6) is 0 Å². The van der Waals surface area contributed by atoms with Crippen molar-refractivity contribution in [3.63, 3.8) is 0 Å². The third kappa shape index (κ3) is 4.31. The quantitative estimate of drug-likeness (QED) is 0.576. The molecule has 0 spiro atoms. The molecule has 0 atom stereocenters. The average molecular weight is 364 g/mol. The van der Waals surface area contributed by atoms with Crippen molar-refractivity contribution in [3.8, 4) is 11.4 Å². The van der Waals surface area contributed by atoms with Gasteiger partial charge in [-0.3, -0.25) is 9.67 Å². The molecule has 0 saturated heterocycles. The summed E-state index contributed by atoms with van der Waals surface area (Å²) in [5.74, 6) is 1.90. The Morgan fingerprint density at radius 3 is 2.88 bits per heavy atom. The molecule has 3 heterocycles. The summed E-state index contributed by atoms with van der Waals surface area (Å²) in [7, 11) is -1.09. The summed E-state index contributed by atoms with van der Waals surface area (Å²) in [6, 6.07) is 1.16. The van der Waals surface area contributed by atoms with Gasteiger partial charge in [0.15, 0.2) is 5.82 Å². The maximum absolute atomic E-state index is 6.01. The molecule has 7 nitrogen and oxygen atoms in total. The number of imidazole rings is 1. The lowest BCUT2D eigenvalue weighted by molar-refractivity contribution is 0.0696. The maximum atomic E-state index is 6.01. The largest absolute Gasteiger partial charge is 0.361 e. The topological polar surface area (TPSA) is 68.2 Å². The lowest BCUT2D eigenvalue weighted by atomic mass is 10.3. The Hall–Kier alpha value is -1.64. The number of H-pyrrole nitrogens is 1. The van der Waals surface area contributed by atoms with Gasteiger partial charge in [0.05, 0.1) is 24.1 Å². The van der Waals surface area contributed by atoms with Crippen LogP contribution >= 0.6 is 0 Å². The number of rotatable bonds is 8. The first-order valence-corrected chi connectivity index (χ1v) is 12.7. The molecule has 2 aromatic rings. The molecule has 3 rings (SSSR count). The number of hydrogen-bond donors (Lipinski definition) is 1. The lowest BCUT2D eigenvalue weighted by Crippen LogP contribution is -2.32. The lowest BCUT2D eigenvalue weighted by Gasteiger charge is -2.27. The number of hydrogen-bond acceptors (Lipinski definition) is 5. The minimum Gasteiger partial charge on any atom is -0.361 e. The number of nitrogens with one attached hydrogen (secondary N) is 1. The van der Waals surface area contributed by atoms with E-state index < -0.39 is 8.07 Å². The van der Waals surface area contributed by atoms with E-state index in [2.05, 4.69) is 46.2 Å². The average Bonchev–Trinajstić information content (AvgIpc) is 3.19. The van der Waals surface area contributed by atoms with E-state index in [9.17, 15) is 0 Å². The van der Waals surface area contributed by atoms with Crippen LogP contribution in [-0.2, 0) is 22.8 Å². The number of anilines is 1. The van der Waals surface area contributed by atoms with Crippen molar-refractivity contribution in [2.45, 2.75) is 52.4 Å². The van der Waals surface area contributed by atoms with E-state index in [0.717, 1.165) is 48.5 Å². The normalized spacial score (nSPS) is 14.8. The van der Waals surface area contributed by atoms with E-state index in [1.165, 1.54) is 0 Å². The molecule has 0 fully saturated rings. The Morgan fingerprint density at radius 1 is 1.36 bits per heavy atom. The van der Waals surface area contributed by atoms with Crippen LogP contribution in [0.25, 0.3) is 11.4 Å². The molecule has 0 unspecified atom stereocenters. The molecule has 0 saturated carbocycles. The van der Waals surface area contributed by atoms with Gasteiger partial charge in [0.1, 0.15) is 19.3 Å². The monoisotopic (exact) mass is 363 g/mol. The van der Waals surface area contributed by atoms with Crippen LogP contribution in [-0.4, -0.2) is 47.7 Å². The van der Waals surface area contributed by atoms with Gasteiger partial charge in [-0.25, -0.2) is 4.98 Å². The zero-order valence-electron chi connectivity index (χ0n) is 15.7. The molecule has 0 aromatic carbocycles. The van der Waals surface area contributed by atoms with Gasteiger partial charge >= 0.3 is 0 Å². The summed E-state index contributed by atoms with van der Waals surface area (Å²) in [4.78, 5) is 7.09. The van der Waals surface area contributed by atoms with Crippen molar-refractivity contribution in [2.75, 3.05) is 24.8 Å². The number of fused-ring (bicyclic) bond motifs is 1. The fourth-order valence-corrected chi connectivity index (χ4v) is 3.65. The van der Waals surface area contributed by atoms with Crippen LogP contribution in [0.3, 0.4) is 0 Å². The summed E-state index contributed by atoms with van der Waals surface area (Å²) in [6.07, 6.45) is 4.73. The third-order valence-electron chi connectivity index (χ3n) is 4.30. The smallest absolute Gasteiger partial charge is 0.155 e. The van der Waals surface area contributed by atoms with E-state index in [0.29, 0.717) is 20.1 Å². The Bertz CT molecular complexity index is 678. The van der Waals surface area contributed by atoms with Crippen LogP contribution in [0.15, 0.2) is 12.4 Å². The SMILES string of the molecule is CCCN1COCc2c1nc(-c1cn[nH]c1)n2COCC[Si](C)(C)C. The fourth-order valence-electron chi connectivity index (χ4n) is 2.89. The second-order valence-electron chi connectivity index (χ2n) is 7.71. The molecule has 0 radical (unpaired) electrons. The molecule has 1 aliphatic rings. The molecule has 0 amide bonds. The summed E-state index contributed by atoms with van der Waals surface area (Å²) >= 11 is 0. The molecular formula is C17H29N5O2Si. The molecule has 0 bridgehead atoms. The standard InChI is InChI=1S/C17H29N5O2Si/c1-5-6-21-12-24-11-15-17(21)20-16(14-9-18-19-10-14)22(15)13-23-7-8-25(2,3)4/h9-10H,5-8,11-13H2,1-4H3,(H,18,19). The Balaban J connectivity index is 1.84. The van der Waals surface area contributed by atoms with Crippen LogP contribution in [0.2, 0.25) is 25.7 Å². The Labute approximate surface area is 150 Å². The van der Waals surface area contributed by atoms with E-state index in [4.69, 9.17) is 14.5 Å². The highest BCUT2D eigenvalue weighted by molar-refractivity contribution is 6.76. The van der Waals surface area contributed by atoms with E-state index in [1.54, 1.807) is 6.20 Å². The van der Waals surface area contributed by atoms with Crippen LogP contribution < -0.4 is 4.90 Å². The van der Waals surface area contributed by atoms with E-state index >= 15 is 0 Å². The van der Waals surface area contributed by atoms with Gasteiger partial charge in [0.25, 0.3) is 0 Å². The van der Waals surface area contributed by atoms with E-state index in [-0.39, 0.29) is 0 Å². The predicted octanol–water partition coefficient (Wildman–Crippen LogP) is 3.29. The van der Waals surface area contributed by atoms with E-state index in [1.807, 2.05) is 6.20 Å². The molecular weight excluding hydrogens is 334 g/mol. The van der Waals surface area contributed by atoms with Gasteiger partial charge in [-0.2, -0.15) is 5.10 Å². The van der Waals surface area contributed by atoms with Crippen molar-refractivity contribution in [1.29, 1.82) is 0 Å². The first kappa shape index (κ1) is 18.2. The third-order valence-corrected chi connectivity index (χ3v) is 6.01. The van der Waals surface area contributed by atoms with Gasteiger partial charge in [-0.15, -0.1) is 0 Å². The molecule has 0 aliphatic carbocycles. The minimum atomic E-state index is -1.09. The van der Waals surface area contributed by atoms with Crippen LogP contribution in [0.1, 0.15) is 19.0 Å². The van der Waals surface area contributed by atoms with Gasteiger partial charge in [0, 0.05) is 27.4 Å². The van der Waals surface area contributed by atoms with Crippen molar-refractivity contribution in [3.05, 3.63) is 18.1 Å². The van der Waals surface area contributed by atoms with Crippen molar-refractivity contribution in [1.82, 2.24) is 19.7 Å². The Kier molecular flexibility index (Phi) is 5.60. The summed E-state index contributed by atoms with van der Waals surface area (Å²) < 4.78 is 13.9. The first-order chi connectivity index (χ1) is 12.0. The zero-order chi connectivity index (χ0) is 17.9. The summed E-state index contributed by atoms with van der Waals surface area (Å²) in [5.41, 5.74) is 2.06. The highest BCUT2D eigenvalue weighted by atomic mass is 28.3. The number of aromatic nitrogens is 4. The highest BCUT2D eigenvalue weighted by Gasteiger charge is 2.26. The van der Waals surface area contributed by atoms with Crippen molar-refractivity contribution < 1.29 is 9.47 Å². The number of aromatic amines is 1. The van der Waals surface area contributed by atoms with Gasteiger partial charge < -0.3 is 14.4 Å². The summed E-state index contributed by atoms with van der Waals surface area (Å²) in [5, 5.41) is 6.95. The summed E-state index contributed by atoms with van der Waals surface area (Å²) in [6.45, 7) is 12.6. The molecule has 2 aromatic heterocycles. The second kappa shape index (κ2) is 7.71. The Morgan fingerprint density at radius 2 is 2.20 bits per heavy atom. The van der Waals surface area contributed by atoms with Crippen molar-refractivity contribution in [2.24, 2.45) is 0 Å². The second-order valence-corrected chi connectivity index (χ2v) is 13.3. The zero-order valence-corrected chi connectivity index (χ0v) is 16.7. The van der Waals surface area contributed by atoms with Crippen LogP contribution in [0, 0.1) is 0 Å². The molecule has 1 N–H and O–H groups in total. The van der Waals surface area contributed by atoms with Gasteiger partial charge in [-0.05, 0) is 12.5 Å². The highest BCUT2D eigenvalue weighted by Crippen LogP contribution is 2.31. The minimum absolute atomic E-state index is 0.497. The fraction of sp³-hybridized carbons (Fsp3) is 0.647. The molecule has 1 aliphatic heterocycles. The first-order valence-electron chi connectivity index (χ1n) is 8.98. The van der Waals surface area contributed by atoms with Gasteiger partial charge in [0.2, 0.25) is 0 Å². The maximum Gasteiger partial charge on any atom is 0.155 e. The molecule has 8 heteroatoms. The number of nitrogens with zero attached hydrogens (tertiary/aromatic N) is 4. The predicted molar refractivity (Wildman–Crippen MR) is 101 cm³/mol. The molecule has 25 heavy (non-hydrogen) atoms. The van der Waals surface area contributed by atoms with Crippen LogP contribution in [0.4, 0.5) is 5.82 Å². The molecule has 138 valence electrons.